The quantitative estimate of drug-likeness (QED) is 0.710. The molecule has 10 heteroatoms. The highest BCUT2D eigenvalue weighted by Gasteiger charge is 2.73. The highest BCUT2D eigenvalue weighted by atomic mass is 19.4. The lowest BCUT2D eigenvalue weighted by Gasteiger charge is -2.34. The molecule has 1 aromatic rings. The van der Waals surface area contributed by atoms with Gasteiger partial charge in [0.05, 0.1) is 6.61 Å². The van der Waals surface area contributed by atoms with Gasteiger partial charge in [-0.15, -0.1) is 0 Å². The van der Waals surface area contributed by atoms with Crippen LogP contribution < -0.4 is 5.32 Å². The first-order valence-corrected chi connectivity index (χ1v) is 9.26. The molecule has 0 saturated heterocycles. The minimum Gasteiger partial charge on any atom is -0.395 e. The molecule has 0 bridgehead atoms. The number of benzene rings is 1. The number of rotatable bonds is 4. The van der Waals surface area contributed by atoms with Crippen molar-refractivity contribution in [1.82, 2.24) is 5.32 Å². The molecule has 3 nitrogen and oxygen atoms in total. The molecule has 0 heterocycles. The summed E-state index contributed by atoms with van der Waals surface area (Å²) in [6.07, 6.45) is -10.6. The van der Waals surface area contributed by atoms with Crippen LogP contribution >= 0.6 is 0 Å². The van der Waals surface area contributed by atoms with Gasteiger partial charge in [-0.3, -0.25) is 4.79 Å². The summed E-state index contributed by atoms with van der Waals surface area (Å²) in [7, 11) is 0. The average molecular weight is 427 g/mol. The van der Waals surface area contributed by atoms with Crippen LogP contribution in [-0.4, -0.2) is 36.5 Å². The number of aliphatic hydroxyl groups excluding tert-OH is 1. The summed E-state index contributed by atoms with van der Waals surface area (Å²) in [4.78, 5) is 12.3. The maximum atomic E-state index is 14.3. The van der Waals surface area contributed by atoms with E-state index in [9.17, 15) is 35.5 Å². The molecule has 0 radical (unpaired) electrons. The first kappa shape index (κ1) is 21.9. The van der Waals surface area contributed by atoms with Gasteiger partial charge in [0.2, 0.25) is 5.91 Å². The minimum absolute atomic E-state index is 0.0904. The Kier molecular flexibility index (Phi) is 5.61. The maximum absolute atomic E-state index is 14.3. The van der Waals surface area contributed by atoms with Crippen LogP contribution in [0, 0.1) is 11.8 Å². The molecule has 2 N–H and O–H groups in total. The average Bonchev–Trinajstić information content (AvgIpc) is 3.07. The Labute approximate surface area is 162 Å². The van der Waals surface area contributed by atoms with Crippen LogP contribution in [0.2, 0.25) is 0 Å². The molecule has 0 spiro atoms. The monoisotopic (exact) mass is 427 g/mol. The van der Waals surface area contributed by atoms with Crippen molar-refractivity contribution in [2.75, 3.05) is 13.2 Å². The van der Waals surface area contributed by atoms with E-state index in [-0.39, 0.29) is 48.8 Å². The second-order valence-electron chi connectivity index (χ2n) is 7.58. The van der Waals surface area contributed by atoms with Gasteiger partial charge in [0, 0.05) is 18.0 Å². The number of carbonyl (C=O) groups is 1. The lowest BCUT2D eigenvalue weighted by atomic mass is 9.73. The molecule has 3 atom stereocenters. The van der Waals surface area contributed by atoms with E-state index in [4.69, 9.17) is 5.11 Å². The van der Waals surface area contributed by atoms with E-state index >= 15 is 0 Å². The highest BCUT2D eigenvalue weighted by molar-refractivity contribution is 5.79. The molecule has 0 aromatic heterocycles. The normalized spacial score (nSPS) is 24.8. The first-order chi connectivity index (χ1) is 13.4. The second-order valence-corrected chi connectivity index (χ2v) is 7.58. The molecule has 1 saturated carbocycles. The SMILES string of the molecule is O=C(NCCO)[C@@H]1CCC2c3ccc(C(F)(C(F)(F)F)C(F)(F)F)cc3CCC21. The van der Waals surface area contributed by atoms with E-state index < -0.39 is 23.6 Å². The summed E-state index contributed by atoms with van der Waals surface area (Å²) < 4.78 is 92.4. The molecule has 1 amide bonds. The molecular weight excluding hydrogens is 407 g/mol. The minimum atomic E-state index is -6.14. The fourth-order valence-electron chi connectivity index (χ4n) is 4.70. The largest absolute Gasteiger partial charge is 0.435 e. The standard InChI is InChI=1S/C19H20F7NO2/c20-17(18(21,22)23,19(24,25)26)11-2-4-12-10(9-11)1-3-14-13(12)5-6-15(14)16(29)27-7-8-28/h2,4,9,13-15,28H,1,3,5-8H2,(H,27,29)/t13?,14?,15-/m1/s1. The number of aliphatic hydroxyl groups is 1. The predicted molar refractivity (Wildman–Crippen MR) is 88.7 cm³/mol. The van der Waals surface area contributed by atoms with Crippen LogP contribution in [0.1, 0.15) is 41.9 Å². The first-order valence-electron chi connectivity index (χ1n) is 9.26. The highest BCUT2D eigenvalue weighted by Crippen LogP contribution is 2.55. The van der Waals surface area contributed by atoms with Crippen LogP contribution in [0.4, 0.5) is 30.7 Å². The Morgan fingerprint density at radius 2 is 1.69 bits per heavy atom. The van der Waals surface area contributed by atoms with E-state index in [1.165, 1.54) is 0 Å². The van der Waals surface area contributed by atoms with Gasteiger partial charge in [-0.2, -0.15) is 26.3 Å². The van der Waals surface area contributed by atoms with Crippen molar-refractivity contribution in [3.63, 3.8) is 0 Å². The van der Waals surface area contributed by atoms with Crippen molar-refractivity contribution in [3.05, 3.63) is 34.9 Å². The fourth-order valence-corrected chi connectivity index (χ4v) is 4.70. The smallest absolute Gasteiger partial charge is 0.395 e. The van der Waals surface area contributed by atoms with Crippen LogP contribution in [0.3, 0.4) is 0 Å². The summed E-state index contributed by atoms with van der Waals surface area (Å²) in [6.45, 7) is -0.0955. The molecule has 0 aliphatic heterocycles. The number of alkyl halides is 7. The van der Waals surface area contributed by atoms with Crippen LogP contribution in [0.15, 0.2) is 18.2 Å². The summed E-state index contributed by atoms with van der Waals surface area (Å²) in [6, 6.07) is 2.37. The lowest BCUT2D eigenvalue weighted by Crippen LogP contribution is -2.50. The van der Waals surface area contributed by atoms with E-state index in [1.807, 2.05) is 0 Å². The molecule has 2 unspecified atom stereocenters. The van der Waals surface area contributed by atoms with Crippen molar-refractivity contribution in [2.24, 2.45) is 11.8 Å². The molecule has 3 rings (SSSR count). The number of carbonyl (C=O) groups excluding carboxylic acids is 1. The van der Waals surface area contributed by atoms with Crippen molar-refractivity contribution in [1.29, 1.82) is 0 Å². The van der Waals surface area contributed by atoms with Gasteiger partial charge in [0.25, 0.3) is 0 Å². The van der Waals surface area contributed by atoms with Gasteiger partial charge in [-0.05, 0) is 48.6 Å². The number of halogens is 7. The summed E-state index contributed by atoms with van der Waals surface area (Å²) >= 11 is 0. The van der Waals surface area contributed by atoms with Crippen molar-refractivity contribution >= 4 is 5.91 Å². The Bertz CT molecular complexity index is 761. The zero-order chi connectivity index (χ0) is 21.6. The van der Waals surface area contributed by atoms with Crippen molar-refractivity contribution < 1.29 is 40.6 Å². The Hall–Kier alpha value is -1.84. The van der Waals surface area contributed by atoms with Gasteiger partial charge in [-0.1, -0.05) is 18.2 Å². The van der Waals surface area contributed by atoms with Crippen LogP contribution in [0.5, 0.6) is 0 Å². The van der Waals surface area contributed by atoms with Gasteiger partial charge >= 0.3 is 18.0 Å². The third-order valence-corrected chi connectivity index (χ3v) is 6.04. The zero-order valence-electron chi connectivity index (χ0n) is 15.2. The lowest BCUT2D eigenvalue weighted by molar-refractivity contribution is -0.348. The molecule has 1 aromatic carbocycles. The summed E-state index contributed by atoms with van der Waals surface area (Å²) in [5.74, 6) is -0.815. The third-order valence-electron chi connectivity index (χ3n) is 6.04. The summed E-state index contributed by atoms with van der Waals surface area (Å²) in [5.41, 5.74) is -6.07. The van der Waals surface area contributed by atoms with Gasteiger partial charge in [0.15, 0.2) is 0 Å². The predicted octanol–water partition coefficient (Wildman–Crippen LogP) is 4.14. The van der Waals surface area contributed by atoms with Gasteiger partial charge in [0.1, 0.15) is 0 Å². The molecule has 2 aliphatic rings. The van der Waals surface area contributed by atoms with Crippen LogP contribution in [0.25, 0.3) is 0 Å². The van der Waals surface area contributed by atoms with E-state index in [2.05, 4.69) is 5.32 Å². The number of fused-ring (bicyclic) bond motifs is 3. The van der Waals surface area contributed by atoms with Gasteiger partial charge in [-0.25, -0.2) is 4.39 Å². The number of amides is 1. The number of hydrogen-bond acceptors (Lipinski definition) is 2. The Morgan fingerprint density at radius 1 is 1.03 bits per heavy atom. The van der Waals surface area contributed by atoms with E-state index in [0.717, 1.165) is 6.07 Å². The maximum Gasteiger partial charge on any atom is 0.435 e. The zero-order valence-corrected chi connectivity index (χ0v) is 15.2. The summed E-state index contributed by atoms with van der Waals surface area (Å²) in [5, 5.41) is 11.4. The molecule has 2 aliphatic carbocycles. The Morgan fingerprint density at radius 3 is 2.28 bits per heavy atom. The molecule has 1 fully saturated rings. The molecule has 29 heavy (non-hydrogen) atoms. The van der Waals surface area contributed by atoms with Crippen molar-refractivity contribution in [3.8, 4) is 0 Å². The number of nitrogens with one attached hydrogen (secondary N) is 1. The van der Waals surface area contributed by atoms with Gasteiger partial charge < -0.3 is 10.4 Å². The fraction of sp³-hybridized carbons (Fsp3) is 0.632. The number of aryl methyl sites for hydroxylation is 1. The molecule has 162 valence electrons. The second kappa shape index (κ2) is 7.45. The molecular formula is C19H20F7NO2. The topological polar surface area (TPSA) is 49.3 Å². The van der Waals surface area contributed by atoms with Crippen molar-refractivity contribution in [2.45, 2.75) is 49.6 Å². The Balaban J connectivity index is 1.91. The van der Waals surface area contributed by atoms with E-state index in [1.54, 1.807) is 0 Å². The van der Waals surface area contributed by atoms with E-state index in [0.29, 0.717) is 37.0 Å². The van der Waals surface area contributed by atoms with Crippen LogP contribution in [-0.2, 0) is 16.9 Å². The third kappa shape index (κ3) is 3.60. The number of hydrogen-bond donors (Lipinski definition) is 2.